The highest BCUT2D eigenvalue weighted by molar-refractivity contribution is 9.08. The Morgan fingerprint density at radius 3 is 2.29 bits per heavy atom. The van der Waals surface area contributed by atoms with Gasteiger partial charge in [0.05, 0.1) is 42.5 Å². The highest BCUT2D eigenvalue weighted by Crippen LogP contribution is 2.40. The van der Waals surface area contributed by atoms with Crippen molar-refractivity contribution in [2.24, 2.45) is 0 Å². The second-order valence-corrected chi connectivity index (χ2v) is 9.97. The summed E-state index contributed by atoms with van der Waals surface area (Å²) in [6.45, 7) is 1.73. The van der Waals surface area contributed by atoms with Gasteiger partial charge in [-0.3, -0.25) is 0 Å². The van der Waals surface area contributed by atoms with Crippen LogP contribution in [0, 0.1) is 0 Å². The molecule has 1 aliphatic rings. The van der Waals surface area contributed by atoms with Crippen LogP contribution in [-0.4, -0.2) is 18.8 Å². The number of rotatable bonds is 9. The molecule has 1 saturated heterocycles. The lowest BCUT2D eigenvalue weighted by Gasteiger charge is -2.35. The summed E-state index contributed by atoms with van der Waals surface area (Å²) in [4.78, 5) is 1.15. The maximum Gasteiger partial charge on any atom is 0.0972 e. The van der Waals surface area contributed by atoms with E-state index >= 15 is 0 Å². The minimum Gasteiger partial charge on any atom is -0.374 e. The van der Waals surface area contributed by atoms with E-state index in [1.54, 1.807) is 11.3 Å². The third-order valence-corrected chi connectivity index (χ3v) is 7.48. The molecule has 0 spiro atoms. The van der Waals surface area contributed by atoms with Crippen LogP contribution in [-0.2, 0) is 32.8 Å². The Balaban J connectivity index is 1.40. The van der Waals surface area contributed by atoms with E-state index in [1.165, 1.54) is 11.1 Å². The zero-order valence-corrected chi connectivity index (χ0v) is 20.4. The van der Waals surface area contributed by atoms with Gasteiger partial charge in [-0.1, -0.05) is 88.2 Å². The van der Waals surface area contributed by atoms with Crippen LogP contribution in [0.25, 0.3) is 0 Å². The minimum atomic E-state index is -0.0323. The Kier molecular flexibility index (Phi) is 8.59. The minimum absolute atomic E-state index is 0.0171. The Bertz CT molecular complexity index is 934. The van der Waals surface area contributed by atoms with E-state index in [2.05, 4.69) is 46.3 Å². The molecule has 1 fully saturated rings. The number of halogens is 2. The topological polar surface area (TPSA) is 27.7 Å². The summed E-state index contributed by atoms with van der Waals surface area (Å²) in [6.07, 6.45) is 1.70. The van der Waals surface area contributed by atoms with Gasteiger partial charge in [0.25, 0.3) is 0 Å². The van der Waals surface area contributed by atoms with E-state index in [1.807, 2.05) is 36.4 Å². The first-order valence-electron chi connectivity index (χ1n) is 10.5. The van der Waals surface area contributed by atoms with E-state index in [0.717, 1.165) is 32.9 Å². The standard InChI is InChI=1S/C25H26BrClO3S/c26-14-20-11-24(31-25(20)27)23-13-21(29-16-19-9-5-2-6-10-19)12-22(30-23)17-28-15-18-7-3-1-4-8-18/h1-11,21-23H,12-17H2. The van der Waals surface area contributed by atoms with Crippen LogP contribution >= 0.6 is 38.9 Å². The first-order chi connectivity index (χ1) is 15.2. The molecule has 3 atom stereocenters. The molecule has 0 N–H and O–H groups in total. The average Bonchev–Trinajstić information content (AvgIpc) is 3.20. The molecule has 0 amide bonds. The van der Waals surface area contributed by atoms with Crippen LogP contribution in [0.1, 0.15) is 40.5 Å². The summed E-state index contributed by atoms with van der Waals surface area (Å²) in [5.41, 5.74) is 3.45. The molecule has 3 unspecified atom stereocenters. The van der Waals surface area contributed by atoms with Crippen molar-refractivity contribution in [1.29, 1.82) is 0 Å². The van der Waals surface area contributed by atoms with Crippen LogP contribution < -0.4 is 0 Å². The van der Waals surface area contributed by atoms with Crippen molar-refractivity contribution in [3.63, 3.8) is 0 Å². The predicted molar refractivity (Wildman–Crippen MR) is 130 cm³/mol. The number of hydrogen-bond donors (Lipinski definition) is 0. The van der Waals surface area contributed by atoms with Gasteiger partial charge >= 0.3 is 0 Å². The Morgan fingerprint density at radius 2 is 1.65 bits per heavy atom. The van der Waals surface area contributed by atoms with Gasteiger partial charge in [0.15, 0.2) is 0 Å². The van der Waals surface area contributed by atoms with Crippen LogP contribution in [0.2, 0.25) is 4.34 Å². The molecule has 6 heteroatoms. The van der Waals surface area contributed by atoms with Gasteiger partial charge < -0.3 is 14.2 Å². The van der Waals surface area contributed by atoms with Gasteiger partial charge in [-0.2, -0.15) is 0 Å². The summed E-state index contributed by atoms with van der Waals surface area (Å²) in [5, 5.41) is 0.743. The molecular formula is C25H26BrClO3S. The first-order valence-corrected chi connectivity index (χ1v) is 12.8. The molecule has 0 saturated carbocycles. The molecule has 2 heterocycles. The van der Waals surface area contributed by atoms with Crippen LogP contribution in [0.4, 0.5) is 0 Å². The van der Waals surface area contributed by atoms with Crippen molar-refractivity contribution in [1.82, 2.24) is 0 Å². The third-order valence-electron chi connectivity index (χ3n) is 5.34. The number of thiophene rings is 1. The van der Waals surface area contributed by atoms with Gasteiger partial charge in [0.2, 0.25) is 0 Å². The normalized spacial score (nSPS) is 21.3. The van der Waals surface area contributed by atoms with Crippen LogP contribution in [0.3, 0.4) is 0 Å². The zero-order valence-electron chi connectivity index (χ0n) is 17.2. The van der Waals surface area contributed by atoms with Gasteiger partial charge in [-0.25, -0.2) is 0 Å². The zero-order chi connectivity index (χ0) is 21.5. The molecular weight excluding hydrogens is 496 g/mol. The fraction of sp³-hybridized carbons (Fsp3) is 0.360. The molecule has 3 aromatic rings. The van der Waals surface area contributed by atoms with Crippen molar-refractivity contribution in [3.05, 3.63) is 92.6 Å². The molecule has 164 valence electrons. The summed E-state index contributed by atoms with van der Waals surface area (Å²) in [5.74, 6) is 0. The van der Waals surface area contributed by atoms with Gasteiger partial charge in [0, 0.05) is 23.0 Å². The molecule has 0 aliphatic carbocycles. The quantitative estimate of drug-likeness (QED) is 0.276. The molecule has 0 radical (unpaired) electrons. The number of alkyl halides is 1. The lowest BCUT2D eigenvalue weighted by atomic mass is 9.99. The molecule has 4 rings (SSSR count). The summed E-state index contributed by atoms with van der Waals surface area (Å²) in [6, 6.07) is 22.7. The van der Waals surface area contributed by atoms with Crippen molar-refractivity contribution in [2.45, 2.75) is 49.7 Å². The predicted octanol–water partition coefficient (Wildman–Crippen LogP) is 7.32. The SMILES string of the molecule is Clc1sc(C2CC(OCc3ccccc3)CC(COCc3ccccc3)O2)cc1CBr. The average molecular weight is 522 g/mol. The number of benzene rings is 2. The largest absolute Gasteiger partial charge is 0.374 e. The Hall–Kier alpha value is -1.21. The molecule has 31 heavy (non-hydrogen) atoms. The highest BCUT2D eigenvalue weighted by Gasteiger charge is 2.32. The van der Waals surface area contributed by atoms with Crippen molar-refractivity contribution < 1.29 is 14.2 Å². The Morgan fingerprint density at radius 1 is 0.968 bits per heavy atom. The summed E-state index contributed by atoms with van der Waals surface area (Å²) >= 11 is 11.5. The molecule has 1 aliphatic heterocycles. The first kappa shape index (κ1) is 23.0. The van der Waals surface area contributed by atoms with Crippen molar-refractivity contribution in [3.8, 4) is 0 Å². The molecule has 2 aromatic carbocycles. The molecule has 1 aromatic heterocycles. The number of hydrogen-bond acceptors (Lipinski definition) is 4. The monoisotopic (exact) mass is 520 g/mol. The second kappa shape index (κ2) is 11.6. The fourth-order valence-electron chi connectivity index (χ4n) is 3.75. The van der Waals surface area contributed by atoms with Gasteiger partial charge in [-0.15, -0.1) is 11.3 Å². The summed E-state index contributed by atoms with van der Waals surface area (Å²) in [7, 11) is 0. The van der Waals surface area contributed by atoms with Gasteiger partial charge in [-0.05, 0) is 22.8 Å². The molecule has 0 bridgehead atoms. The van der Waals surface area contributed by atoms with E-state index < -0.39 is 0 Å². The third kappa shape index (κ3) is 6.64. The number of ether oxygens (including phenoxy) is 3. The van der Waals surface area contributed by atoms with Crippen LogP contribution in [0.5, 0.6) is 0 Å². The van der Waals surface area contributed by atoms with Gasteiger partial charge in [0.1, 0.15) is 0 Å². The van der Waals surface area contributed by atoms with E-state index in [4.69, 9.17) is 25.8 Å². The lowest BCUT2D eigenvalue weighted by Crippen LogP contribution is -2.35. The summed E-state index contributed by atoms with van der Waals surface area (Å²) < 4.78 is 19.6. The van der Waals surface area contributed by atoms with Crippen LogP contribution in [0.15, 0.2) is 66.7 Å². The van der Waals surface area contributed by atoms with Crippen molar-refractivity contribution >= 4 is 38.9 Å². The Labute approximate surface area is 201 Å². The fourth-order valence-corrected chi connectivity index (χ4v) is 5.88. The van der Waals surface area contributed by atoms with Crippen molar-refractivity contribution in [2.75, 3.05) is 6.61 Å². The highest BCUT2D eigenvalue weighted by atomic mass is 79.9. The smallest absolute Gasteiger partial charge is 0.0972 e. The lowest BCUT2D eigenvalue weighted by molar-refractivity contribution is -0.141. The second-order valence-electron chi connectivity index (χ2n) is 7.72. The van der Waals surface area contributed by atoms with E-state index in [0.29, 0.717) is 19.8 Å². The maximum atomic E-state index is 6.44. The van der Waals surface area contributed by atoms with E-state index in [9.17, 15) is 0 Å². The maximum absolute atomic E-state index is 6.44. The molecule has 3 nitrogen and oxygen atoms in total. The van der Waals surface area contributed by atoms with E-state index in [-0.39, 0.29) is 18.3 Å².